The van der Waals surface area contributed by atoms with Gasteiger partial charge in [-0.25, -0.2) is 10.1 Å². The molecule has 33 heavy (non-hydrogen) atoms. The average molecular weight is 451 g/mol. The third kappa shape index (κ3) is 4.54. The van der Waals surface area contributed by atoms with Gasteiger partial charge in [-0.05, 0) is 52.7 Å². The van der Waals surface area contributed by atoms with Gasteiger partial charge in [-0.15, -0.1) is 0 Å². The Morgan fingerprint density at radius 1 is 0.848 bits per heavy atom. The number of carbonyl (C=O) groups is 1. The van der Waals surface area contributed by atoms with Crippen LogP contribution in [0.2, 0.25) is 5.02 Å². The Morgan fingerprint density at radius 2 is 1.58 bits per heavy atom. The number of para-hydroxylation sites is 1. The molecule has 0 unspecified atom stereocenters. The summed E-state index contributed by atoms with van der Waals surface area (Å²) in [6, 6.07) is 33.1. The first-order valence-electron chi connectivity index (χ1n) is 10.4. The number of hydrogen-bond acceptors (Lipinski definition) is 3. The number of hydrazone groups is 1. The molecule has 5 aromatic rings. The lowest BCUT2D eigenvalue weighted by molar-refractivity contribution is 0.0949. The van der Waals surface area contributed by atoms with Crippen molar-refractivity contribution in [3.63, 3.8) is 0 Å². The lowest BCUT2D eigenvalue weighted by Crippen LogP contribution is -2.18. The van der Waals surface area contributed by atoms with Gasteiger partial charge in [0.2, 0.25) is 0 Å². The molecule has 0 fully saturated rings. The van der Waals surface area contributed by atoms with Crippen LogP contribution in [0.15, 0.2) is 108 Å². The fraction of sp³-hybridized carbons (Fsp3) is 0. The zero-order valence-corrected chi connectivity index (χ0v) is 18.3. The first-order chi connectivity index (χ1) is 16.2. The lowest BCUT2D eigenvalue weighted by atomic mass is 10.0. The molecule has 0 saturated heterocycles. The minimum Gasteiger partial charge on any atom is -0.265 e. The average Bonchev–Trinajstić information content (AvgIpc) is 3.31. The molecular weight excluding hydrogens is 432 g/mol. The van der Waals surface area contributed by atoms with E-state index in [1.54, 1.807) is 29.1 Å². The Hall–Kier alpha value is -4.22. The summed E-state index contributed by atoms with van der Waals surface area (Å²) in [5.74, 6) is -0.392. The van der Waals surface area contributed by atoms with E-state index in [-0.39, 0.29) is 5.69 Å². The Labute approximate surface area is 196 Å². The summed E-state index contributed by atoms with van der Waals surface area (Å²) in [5, 5.41) is 11.6. The van der Waals surface area contributed by atoms with E-state index in [1.807, 2.05) is 60.7 Å². The third-order valence-corrected chi connectivity index (χ3v) is 5.49. The molecule has 1 N–H and O–H groups in total. The van der Waals surface area contributed by atoms with Crippen LogP contribution in [-0.4, -0.2) is 21.9 Å². The van der Waals surface area contributed by atoms with E-state index in [2.05, 4.69) is 39.9 Å². The Balaban J connectivity index is 1.48. The molecule has 1 amide bonds. The van der Waals surface area contributed by atoms with Crippen LogP contribution in [0.3, 0.4) is 0 Å². The summed E-state index contributed by atoms with van der Waals surface area (Å²) < 4.78 is 1.78. The number of aromatic nitrogens is 2. The molecular formula is C27H19ClN4O. The van der Waals surface area contributed by atoms with E-state index in [0.717, 1.165) is 33.3 Å². The second kappa shape index (κ2) is 9.10. The Morgan fingerprint density at radius 3 is 2.36 bits per heavy atom. The zero-order chi connectivity index (χ0) is 22.6. The van der Waals surface area contributed by atoms with Crippen LogP contribution in [0.25, 0.3) is 27.7 Å². The minimum atomic E-state index is -0.392. The van der Waals surface area contributed by atoms with Crippen molar-refractivity contribution in [1.29, 1.82) is 0 Å². The molecule has 0 bridgehead atoms. The normalized spacial score (nSPS) is 11.2. The molecule has 0 saturated carbocycles. The molecule has 0 atom stereocenters. The summed E-state index contributed by atoms with van der Waals surface area (Å²) in [6.45, 7) is 0. The number of carbonyl (C=O) groups excluding carboxylic acids is 1. The largest absolute Gasteiger partial charge is 0.291 e. The number of halogens is 1. The number of benzene rings is 4. The predicted molar refractivity (Wildman–Crippen MR) is 133 cm³/mol. The predicted octanol–water partition coefficient (Wildman–Crippen LogP) is 6.11. The number of hydrogen-bond donors (Lipinski definition) is 1. The van der Waals surface area contributed by atoms with Crippen molar-refractivity contribution < 1.29 is 4.79 Å². The van der Waals surface area contributed by atoms with Gasteiger partial charge in [-0.1, -0.05) is 78.3 Å². The standard InChI is InChI=1S/C27H19ClN4O/c28-23-14-10-19(11-15-23)18-29-30-27(33)25-17-26(32(31-25)24-8-2-1-3-9-24)22-13-12-20-6-4-5-7-21(20)16-22/h1-18H,(H,30,33)/b29-18-. The number of nitrogens with zero attached hydrogens (tertiary/aromatic N) is 3. The SMILES string of the molecule is O=C(N/N=C\c1ccc(Cl)cc1)c1cc(-c2ccc3ccccc3c2)n(-c2ccccc2)n1. The molecule has 5 nitrogen and oxygen atoms in total. The molecule has 5 rings (SSSR count). The van der Waals surface area contributed by atoms with Crippen LogP contribution in [0, 0.1) is 0 Å². The van der Waals surface area contributed by atoms with Gasteiger partial charge >= 0.3 is 0 Å². The molecule has 0 aliphatic heterocycles. The summed E-state index contributed by atoms with van der Waals surface area (Å²) >= 11 is 5.90. The minimum absolute atomic E-state index is 0.273. The van der Waals surface area contributed by atoms with Gasteiger partial charge in [-0.3, -0.25) is 4.79 Å². The number of fused-ring (bicyclic) bond motifs is 1. The van der Waals surface area contributed by atoms with E-state index in [1.165, 1.54) is 0 Å². The van der Waals surface area contributed by atoms with Gasteiger partial charge in [0, 0.05) is 10.6 Å². The van der Waals surface area contributed by atoms with Crippen molar-refractivity contribution >= 4 is 34.5 Å². The van der Waals surface area contributed by atoms with E-state index in [9.17, 15) is 4.79 Å². The lowest BCUT2D eigenvalue weighted by Gasteiger charge is -2.08. The number of nitrogens with one attached hydrogen (secondary N) is 1. The quantitative estimate of drug-likeness (QED) is 0.259. The fourth-order valence-electron chi connectivity index (χ4n) is 3.58. The van der Waals surface area contributed by atoms with E-state index < -0.39 is 5.91 Å². The highest BCUT2D eigenvalue weighted by Gasteiger charge is 2.17. The van der Waals surface area contributed by atoms with Crippen LogP contribution in [0.5, 0.6) is 0 Å². The summed E-state index contributed by atoms with van der Waals surface area (Å²) in [6.07, 6.45) is 1.56. The highest BCUT2D eigenvalue weighted by molar-refractivity contribution is 6.30. The summed E-state index contributed by atoms with van der Waals surface area (Å²) in [7, 11) is 0. The van der Waals surface area contributed by atoms with Crippen molar-refractivity contribution in [3.8, 4) is 16.9 Å². The third-order valence-electron chi connectivity index (χ3n) is 5.24. The topological polar surface area (TPSA) is 59.3 Å². The molecule has 0 spiro atoms. The second-order valence-electron chi connectivity index (χ2n) is 7.47. The maximum Gasteiger partial charge on any atom is 0.291 e. The second-order valence-corrected chi connectivity index (χ2v) is 7.91. The summed E-state index contributed by atoms with van der Waals surface area (Å²) in [5.41, 5.74) is 6.31. The van der Waals surface area contributed by atoms with Gasteiger partial charge < -0.3 is 0 Å². The van der Waals surface area contributed by atoms with E-state index >= 15 is 0 Å². The molecule has 160 valence electrons. The van der Waals surface area contributed by atoms with Crippen LogP contribution in [-0.2, 0) is 0 Å². The molecule has 0 aliphatic rings. The first-order valence-corrected chi connectivity index (χ1v) is 10.8. The molecule has 6 heteroatoms. The molecule has 4 aromatic carbocycles. The van der Waals surface area contributed by atoms with Crippen molar-refractivity contribution in [1.82, 2.24) is 15.2 Å². The van der Waals surface area contributed by atoms with Crippen molar-refractivity contribution in [2.45, 2.75) is 0 Å². The zero-order valence-electron chi connectivity index (χ0n) is 17.5. The van der Waals surface area contributed by atoms with Gasteiger partial charge in [-0.2, -0.15) is 10.2 Å². The van der Waals surface area contributed by atoms with Gasteiger partial charge in [0.05, 0.1) is 17.6 Å². The monoisotopic (exact) mass is 450 g/mol. The molecule has 1 aromatic heterocycles. The van der Waals surface area contributed by atoms with Crippen molar-refractivity contribution in [3.05, 3.63) is 119 Å². The van der Waals surface area contributed by atoms with Gasteiger partial charge in [0.25, 0.3) is 5.91 Å². The van der Waals surface area contributed by atoms with E-state index in [0.29, 0.717) is 5.02 Å². The van der Waals surface area contributed by atoms with Crippen LogP contribution in [0.1, 0.15) is 16.1 Å². The van der Waals surface area contributed by atoms with E-state index in [4.69, 9.17) is 11.6 Å². The molecule has 0 aliphatic carbocycles. The van der Waals surface area contributed by atoms with Crippen molar-refractivity contribution in [2.24, 2.45) is 5.10 Å². The molecule has 1 heterocycles. The maximum atomic E-state index is 12.8. The maximum absolute atomic E-state index is 12.8. The van der Waals surface area contributed by atoms with Gasteiger partial charge in [0.1, 0.15) is 0 Å². The molecule has 0 radical (unpaired) electrons. The Kier molecular flexibility index (Phi) is 5.70. The van der Waals surface area contributed by atoms with Crippen LogP contribution >= 0.6 is 11.6 Å². The smallest absolute Gasteiger partial charge is 0.265 e. The highest BCUT2D eigenvalue weighted by Crippen LogP contribution is 2.27. The van der Waals surface area contributed by atoms with Crippen LogP contribution in [0.4, 0.5) is 0 Å². The van der Waals surface area contributed by atoms with Crippen molar-refractivity contribution in [2.75, 3.05) is 0 Å². The van der Waals surface area contributed by atoms with Gasteiger partial charge in [0.15, 0.2) is 5.69 Å². The highest BCUT2D eigenvalue weighted by atomic mass is 35.5. The fourth-order valence-corrected chi connectivity index (χ4v) is 3.71. The number of amides is 1. The van der Waals surface area contributed by atoms with Crippen LogP contribution < -0.4 is 5.43 Å². The first kappa shape index (κ1) is 20.7. The summed E-state index contributed by atoms with van der Waals surface area (Å²) in [4.78, 5) is 12.8. The number of rotatable bonds is 5. The Bertz CT molecular complexity index is 1460.